The molecular formula is OSbSnZn. The molecule has 5 radical (unpaired) electrons. The van der Waals surface area contributed by atoms with Gasteiger partial charge in [0.05, 0.1) is 0 Å². The Morgan fingerprint density at radius 2 is 1.25 bits per heavy atom. The van der Waals surface area contributed by atoms with E-state index in [1.54, 1.807) is 0 Å². The zero-order chi connectivity index (χ0) is 2.00. The Hall–Kier alpha value is 2.04. The van der Waals surface area contributed by atoms with E-state index in [1.165, 1.54) is 0 Å². The molecule has 0 unspecified atom stereocenters. The van der Waals surface area contributed by atoms with Crippen LogP contribution in [0.5, 0.6) is 0 Å². The van der Waals surface area contributed by atoms with Crippen molar-refractivity contribution in [2.75, 3.05) is 0 Å². The Kier molecular flexibility index (Phi) is 82.0. The molecule has 4 heavy (non-hydrogen) atoms. The van der Waals surface area contributed by atoms with Gasteiger partial charge in [-0.2, -0.15) is 0 Å². The van der Waals surface area contributed by atoms with Crippen LogP contribution in [0.15, 0.2) is 0 Å². The molecule has 0 bridgehead atoms. The van der Waals surface area contributed by atoms with Gasteiger partial charge in [0.1, 0.15) is 0 Å². The SMILES string of the molecule is [O]=[Sb].[Sn].[Zn]. The van der Waals surface area contributed by atoms with Crippen molar-refractivity contribution in [3.63, 3.8) is 0 Å². The van der Waals surface area contributed by atoms with Crippen molar-refractivity contribution in [3.8, 4) is 0 Å². The van der Waals surface area contributed by atoms with E-state index in [2.05, 4.69) is 0 Å². The van der Waals surface area contributed by atoms with Gasteiger partial charge in [0.25, 0.3) is 0 Å². The van der Waals surface area contributed by atoms with Crippen LogP contribution in [0.2, 0.25) is 0 Å². The maximum atomic E-state index is 8.30. The fraction of sp³-hybridized carbons (Fsp3) is 0. The molecule has 0 N–H and O–H groups in total. The molecule has 0 aromatic heterocycles. The Bertz CT molecular complexity index is 8.00. The average Bonchev–Trinajstić information content (AvgIpc) is 1.00. The van der Waals surface area contributed by atoms with E-state index in [-0.39, 0.29) is 43.4 Å². The molecule has 0 rings (SSSR count). The van der Waals surface area contributed by atoms with Gasteiger partial charge >= 0.3 is 26.0 Å². The Morgan fingerprint density at radius 1 is 1.25 bits per heavy atom. The van der Waals surface area contributed by atoms with Crippen molar-refractivity contribution >= 4 is 46.9 Å². The van der Waals surface area contributed by atoms with Gasteiger partial charge in [0.15, 0.2) is 0 Å². The van der Waals surface area contributed by atoms with Crippen LogP contribution in [0.25, 0.3) is 0 Å². The van der Waals surface area contributed by atoms with Crippen LogP contribution in [0.4, 0.5) is 0 Å². The topological polar surface area (TPSA) is 17.1 Å². The predicted octanol–water partition coefficient (Wildman–Crippen LogP) is -0.883. The van der Waals surface area contributed by atoms with Crippen LogP contribution in [-0.4, -0.2) is 46.9 Å². The summed E-state index contributed by atoms with van der Waals surface area (Å²) in [6, 6.07) is 0. The second kappa shape index (κ2) is 19.8. The van der Waals surface area contributed by atoms with Crippen LogP contribution in [0, 0.1) is 0 Å². The van der Waals surface area contributed by atoms with Gasteiger partial charge in [0.2, 0.25) is 0 Å². The smallest absolute Gasteiger partial charge is 0 e. The van der Waals surface area contributed by atoms with E-state index in [4.69, 9.17) is 3.02 Å². The van der Waals surface area contributed by atoms with E-state index in [0.717, 1.165) is 0 Å². The molecule has 0 heterocycles. The molecule has 0 aliphatic rings. The third kappa shape index (κ3) is 8.97. The fourth-order valence-corrected chi connectivity index (χ4v) is 0. The second-order valence-corrected chi connectivity index (χ2v) is 0. The van der Waals surface area contributed by atoms with Crippen molar-refractivity contribution in [3.05, 3.63) is 0 Å². The van der Waals surface area contributed by atoms with Crippen molar-refractivity contribution in [2.24, 2.45) is 0 Å². The predicted molar refractivity (Wildman–Crippen MR) is 12.2 cm³/mol. The van der Waals surface area contributed by atoms with Crippen LogP contribution in [0.3, 0.4) is 0 Å². The van der Waals surface area contributed by atoms with Gasteiger partial charge in [-0.15, -0.1) is 0 Å². The van der Waals surface area contributed by atoms with E-state index >= 15 is 0 Å². The minimum Gasteiger partial charge on any atom is 0 e. The summed E-state index contributed by atoms with van der Waals surface area (Å²) in [5.41, 5.74) is 0. The molecule has 0 aliphatic heterocycles. The minimum atomic E-state index is 0. The Morgan fingerprint density at radius 3 is 1.25 bits per heavy atom. The molecular weight excluding hydrogens is 322 g/mol. The van der Waals surface area contributed by atoms with Gasteiger partial charge < -0.3 is 0 Å². The summed E-state index contributed by atoms with van der Waals surface area (Å²) >= 11 is 0.500. The van der Waals surface area contributed by atoms with Gasteiger partial charge in [-0.25, -0.2) is 0 Å². The Labute approximate surface area is 68.5 Å². The van der Waals surface area contributed by atoms with Crippen molar-refractivity contribution in [2.45, 2.75) is 0 Å². The standard InChI is InChI=1S/O.Sb.Sn.Zn. The molecule has 0 spiro atoms. The minimum absolute atomic E-state index is 0. The van der Waals surface area contributed by atoms with Gasteiger partial charge in [-0.1, -0.05) is 0 Å². The summed E-state index contributed by atoms with van der Waals surface area (Å²) in [4.78, 5) is 0. The molecule has 1 nitrogen and oxygen atoms in total. The summed E-state index contributed by atoms with van der Waals surface area (Å²) in [6.07, 6.45) is 0. The molecule has 0 saturated heterocycles. The van der Waals surface area contributed by atoms with Gasteiger partial charge in [0, 0.05) is 43.4 Å². The first-order valence-corrected chi connectivity index (χ1v) is 1.22. The number of hydrogen-bond acceptors (Lipinski definition) is 1. The molecule has 0 aromatic rings. The van der Waals surface area contributed by atoms with Crippen LogP contribution < -0.4 is 0 Å². The monoisotopic (exact) mass is 321 g/mol. The van der Waals surface area contributed by atoms with Gasteiger partial charge in [-0.05, 0) is 0 Å². The Balaban J connectivity index is -0.00000000500. The quantitative estimate of drug-likeness (QED) is 0.530. The largest absolute Gasteiger partial charge is 0 e. The van der Waals surface area contributed by atoms with E-state index < -0.39 is 0 Å². The van der Waals surface area contributed by atoms with E-state index in [9.17, 15) is 0 Å². The third-order valence-electron chi connectivity index (χ3n) is 0. The molecule has 0 amide bonds. The molecule has 0 atom stereocenters. The number of rotatable bonds is 0. The van der Waals surface area contributed by atoms with Gasteiger partial charge in [-0.3, -0.25) is 0 Å². The summed E-state index contributed by atoms with van der Waals surface area (Å²) in [5.74, 6) is 0. The first kappa shape index (κ1) is 16.6. The van der Waals surface area contributed by atoms with E-state index in [0.29, 0.717) is 23.0 Å². The zero-order valence-corrected chi connectivity index (χ0v) is 10.4. The van der Waals surface area contributed by atoms with Crippen LogP contribution >= 0.6 is 0 Å². The maximum Gasteiger partial charge on any atom is 0 e. The summed E-state index contributed by atoms with van der Waals surface area (Å²) < 4.78 is 8.30. The summed E-state index contributed by atoms with van der Waals surface area (Å²) in [5, 5.41) is 0. The van der Waals surface area contributed by atoms with E-state index in [1.807, 2.05) is 0 Å². The molecule has 17 valence electrons. The van der Waals surface area contributed by atoms with Crippen molar-refractivity contribution in [1.82, 2.24) is 0 Å². The zero-order valence-electron chi connectivity index (χ0n) is 2.06. The maximum absolute atomic E-state index is 8.30. The first-order valence-electron chi connectivity index (χ1n) is 0.183. The molecule has 0 aromatic carbocycles. The van der Waals surface area contributed by atoms with Crippen molar-refractivity contribution < 1.29 is 22.5 Å². The molecule has 0 fully saturated rings. The molecule has 4 heteroatoms. The van der Waals surface area contributed by atoms with Crippen LogP contribution in [-0.2, 0) is 22.5 Å². The summed E-state index contributed by atoms with van der Waals surface area (Å²) in [7, 11) is 0. The second-order valence-electron chi connectivity index (χ2n) is 0. The third-order valence-corrected chi connectivity index (χ3v) is 0. The molecule has 0 aliphatic carbocycles. The summed E-state index contributed by atoms with van der Waals surface area (Å²) in [6.45, 7) is 0. The van der Waals surface area contributed by atoms with Crippen molar-refractivity contribution in [1.29, 1.82) is 0 Å². The normalized spacial score (nSPS) is 1.00. The fourth-order valence-electron chi connectivity index (χ4n) is 0. The van der Waals surface area contributed by atoms with Crippen LogP contribution in [0.1, 0.15) is 0 Å². The molecule has 0 saturated carbocycles. The first-order chi connectivity index (χ1) is 1.00. The average molecular weight is 322 g/mol. The number of hydrogen-bond donors (Lipinski definition) is 0.